The van der Waals surface area contributed by atoms with E-state index >= 15 is 0 Å². The molecule has 19 heavy (non-hydrogen) atoms. The fourth-order valence-electron chi connectivity index (χ4n) is 1.63. The molecule has 1 heterocycles. The highest BCUT2D eigenvalue weighted by atomic mass is 32.2. The fourth-order valence-corrected chi connectivity index (χ4v) is 2.60. The first-order valence-electron chi connectivity index (χ1n) is 5.95. The van der Waals surface area contributed by atoms with Gasteiger partial charge in [0.2, 0.25) is 11.8 Å². The standard InChI is InChI=1S/C13H15N3O2S/c1-14-11(17)7-10-12(18)16-13(19-10)15-8-9-5-3-2-4-6-9/h2-6,10H,7-8H2,1H3,(H,14,17)(H,15,16,18). The summed E-state index contributed by atoms with van der Waals surface area (Å²) in [6, 6.07) is 9.80. The molecule has 1 saturated heterocycles. The van der Waals surface area contributed by atoms with Crippen molar-refractivity contribution in [3.8, 4) is 0 Å². The summed E-state index contributed by atoms with van der Waals surface area (Å²) in [6.45, 7) is 0.524. The van der Waals surface area contributed by atoms with Crippen LogP contribution in [0, 0.1) is 0 Å². The molecular weight excluding hydrogens is 262 g/mol. The summed E-state index contributed by atoms with van der Waals surface area (Å²) >= 11 is 1.31. The Morgan fingerprint density at radius 3 is 2.84 bits per heavy atom. The average Bonchev–Trinajstić information content (AvgIpc) is 2.78. The number of carbonyl (C=O) groups excluding carboxylic acids is 2. The third-order valence-electron chi connectivity index (χ3n) is 2.67. The van der Waals surface area contributed by atoms with Gasteiger partial charge in [-0.15, -0.1) is 0 Å². The minimum Gasteiger partial charge on any atom is -0.359 e. The second kappa shape index (κ2) is 6.38. The van der Waals surface area contributed by atoms with E-state index in [1.807, 2.05) is 30.3 Å². The van der Waals surface area contributed by atoms with Crippen LogP contribution in [0.5, 0.6) is 0 Å². The molecule has 1 atom stereocenters. The van der Waals surface area contributed by atoms with Gasteiger partial charge in [-0.05, 0) is 5.56 Å². The minimum atomic E-state index is -0.380. The number of hydrogen-bond acceptors (Lipinski definition) is 4. The van der Waals surface area contributed by atoms with E-state index in [2.05, 4.69) is 15.6 Å². The van der Waals surface area contributed by atoms with Gasteiger partial charge >= 0.3 is 0 Å². The van der Waals surface area contributed by atoms with Crippen molar-refractivity contribution in [3.05, 3.63) is 35.9 Å². The third-order valence-corrected chi connectivity index (χ3v) is 3.79. The maximum Gasteiger partial charge on any atom is 0.240 e. The Labute approximate surface area is 115 Å². The van der Waals surface area contributed by atoms with E-state index in [-0.39, 0.29) is 23.5 Å². The summed E-state index contributed by atoms with van der Waals surface area (Å²) in [6.07, 6.45) is 0.178. The van der Waals surface area contributed by atoms with Gasteiger partial charge in [-0.3, -0.25) is 14.6 Å². The quantitative estimate of drug-likeness (QED) is 0.859. The molecular formula is C13H15N3O2S. The molecule has 0 saturated carbocycles. The highest BCUT2D eigenvalue weighted by Gasteiger charge is 2.31. The average molecular weight is 277 g/mol. The lowest BCUT2D eigenvalue weighted by atomic mass is 10.2. The largest absolute Gasteiger partial charge is 0.359 e. The molecule has 0 aromatic heterocycles. The van der Waals surface area contributed by atoms with Crippen molar-refractivity contribution in [2.45, 2.75) is 18.2 Å². The summed E-state index contributed by atoms with van der Waals surface area (Å²) < 4.78 is 0. The first-order chi connectivity index (χ1) is 9.19. The number of aliphatic imine (C=N–C) groups is 1. The van der Waals surface area contributed by atoms with Crippen LogP contribution in [0.1, 0.15) is 12.0 Å². The molecule has 1 aromatic carbocycles. The van der Waals surface area contributed by atoms with Crippen molar-refractivity contribution in [2.24, 2.45) is 4.99 Å². The maximum atomic E-state index is 11.7. The van der Waals surface area contributed by atoms with Gasteiger partial charge in [-0.2, -0.15) is 0 Å². The highest BCUT2D eigenvalue weighted by Crippen LogP contribution is 2.22. The normalized spacial score (nSPS) is 20.4. The highest BCUT2D eigenvalue weighted by molar-refractivity contribution is 8.15. The Balaban J connectivity index is 1.93. The van der Waals surface area contributed by atoms with Gasteiger partial charge in [0.15, 0.2) is 5.17 Å². The molecule has 0 aliphatic carbocycles. The fraction of sp³-hybridized carbons (Fsp3) is 0.308. The third kappa shape index (κ3) is 3.82. The molecule has 1 aliphatic rings. The van der Waals surface area contributed by atoms with Crippen molar-refractivity contribution in [3.63, 3.8) is 0 Å². The zero-order valence-electron chi connectivity index (χ0n) is 10.6. The van der Waals surface area contributed by atoms with Crippen molar-refractivity contribution in [1.82, 2.24) is 10.6 Å². The van der Waals surface area contributed by atoms with Crippen LogP contribution in [-0.4, -0.2) is 29.3 Å². The minimum absolute atomic E-state index is 0.142. The summed E-state index contributed by atoms with van der Waals surface area (Å²) in [5.74, 6) is -0.294. The number of hydrogen-bond donors (Lipinski definition) is 2. The lowest BCUT2D eigenvalue weighted by molar-refractivity contribution is -0.124. The van der Waals surface area contributed by atoms with Crippen LogP contribution < -0.4 is 10.6 Å². The molecule has 0 spiro atoms. The van der Waals surface area contributed by atoms with Gasteiger partial charge in [0, 0.05) is 13.5 Å². The predicted molar refractivity (Wildman–Crippen MR) is 75.8 cm³/mol. The first kappa shape index (κ1) is 13.6. The zero-order chi connectivity index (χ0) is 13.7. The lowest BCUT2D eigenvalue weighted by Gasteiger charge is -2.02. The van der Waals surface area contributed by atoms with E-state index < -0.39 is 0 Å². The molecule has 5 nitrogen and oxygen atoms in total. The summed E-state index contributed by atoms with van der Waals surface area (Å²) in [5, 5.41) is 5.42. The molecule has 6 heteroatoms. The maximum absolute atomic E-state index is 11.7. The van der Waals surface area contributed by atoms with Gasteiger partial charge in [0.05, 0.1) is 6.54 Å². The molecule has 0 bridgehead atoms. The van der Waals surface area contributed by atoms with Crippen molar-refractivity contribution >= 4 is 28.7 Å². The molecule has 1 aromatic rings. The molecule has 1 aliphatic heterocycles. The number of nitrogens with one attached hydrogen (secondary N) is 2. The number of amidine groups is 1. The van der Waals surface area contributed by atoms with Gasteiger partial charge in [0.1, 0.15) is 5.25 Å². The predicted octanol–water partition coefficient (Wildman–Crippen LogP) is 0.910. The first-order valence-corrected chi connectivity index (χ1v) is 6.83. The Morgan fingerprint density at radius 1 is 1.42 bits per heavy atom. The van der Waals surface area contributed by atoms with Crippen LogP contribution in [0.4, 0.5) is 0 Å². The molecule has 1 unspecified atom stereocenters. The Kier molecular flexibility index (Phi) is 4.57. The Morgan fingerprint density at radius 2 is 2.16 bits per heavy atom. The van der Waals surface area contributed by atoms with Crippen LogP contribution in [0.3, 0.4) is 0 Å². The lowest BCUT2D eigenvalue weighted by Crippen LogP contribution is -2.29. The number of amides is 2. The topological polar surface area (TPSA) is 70.6 Å². The van der Waals surface area contributed by atoms with Crippen molar-refractivity contribution in [1.29, 1.82) is 0 Å². The van der Waals surface area contributed by atoms with E-state index in [0.29, 0.717) is 11.7 Å². The number of nitrogens with zero attached hydrogens (tertiary/aromatic N) is 1. The molecule has 1 fully saturated rings. The Bertz CT molecular complexity index is 502. The van der Waals surface area contributed by atoms with E-state index in [1.165, 1.54) is 11.8 Å². The zero-order valence-corrected chi connectivity index (χ0v) is 11.4. The molecule has 2 amide bonds. The van der Waals surface area contributed by atoms with E-state index in [0.717, 1.165) is 5.56 Å². The number of thioether (sulfide) groups is 1. The number of carbonyl (C=O) groups is 2. The van der Waals surface area contributed by atoms with Gasteiger partial charge in [-0.1, -0.05) is 42.1 Å². The number of rotatable bonds is 4. The second-order valence-corrected chi connectivity index (χ2v) is 5.27. The van der Waals surface area contributed by atoms with Crippen LogP contribution in [0.15, 0.2) is 35.3 Å². The van der Waals surface area contributed by atoms with E-state index in [9.17, 15) is 9.59 Å². The van der Waals surface area contributed by atoms with Crippen LogP contribution in [-0.2, 0) is 16.1 Å². The molecule has 2 rings (SSSR count). The SMILES string of the molecule is CNC(=O)CC1SC(=NCc2ccccc2)NC1=O. The Hall–Kier alpha value is -1.82. The van der Waals surface area contributed by atoms with E-state index in [4.69, 9.17) is 0 Å². The molecule has 100 valence electrons. The van der Waals surface area contributed by atoms with Gasteiger partial charge < -0.3 is 10.6 Å². The smallest absolute Gasteiger partial charge is 0.240 e. The van der Waals surface area contributed by atoms with E-state index in [1.54, 1.807) is 7.05 Å². The van der Waals surface area contributed by atoms with Gasteiger partial charge in [0.25, 0.3) is 0 Å². The summed E-state index contributed by atoms with van der Waals surface area (Å²) in [5.41, 5.74) is 1.08. The van der Waals surface area contributed by atoms with Crippen LogP contribution >= 0.6 is 11.8 Å². The number of benzene rings is 1. The van der Waals surface area contributed by atoms with Crippen LogP contribution in [0.2, 0.25) is 0 Å². The van der Waals surface area contributed by atoms with Crippen LogP contribution in [0.25, 0.3) is 0 Å². The second-order valence-electron chi connectivity index (χ2n) is 4.08. The van der Waals surface area contributed by atoms with Crippen molar-refractivity contribution in [2.75, 3.05) is 7.05 Å². The summed E-state index contributed by atoms with van der Waals surface area (Å²) in [7, 11) is 1.56. The van der Waals surface area contributed by atoms with Crippen molar-refractivity contribution < 1.29 is 9.59 Å². The van der Waals surface area contributed by atoms with Gasteiger partial charge in [-0.25, -0.2) is 0 Å². The molecule has 2 N–H and O–H groups in total. The summed E-state index contributed by atoms with van der Waals surface area (Å²) in [4.78, 5) is 27.3. The molecule has 0 radical (unpaired) electrons. The monoisotopic (exact) mass is 277 g/mol.